The Morgan fingerprint density at radius 3 is 2.80 bits per heavy atom. The van der Waals surface area contributed by atoms with Crippen LogP contribution in [-0.4, -0.2) is 12.5 Å². The SMILES string of the molecule is C/C(=C\NNC(=O)COc1cc(C)c(Br)cc1C(C)C)c1cccs1. The number of hydrogen-bond donors (Lipinski definition) is 2. The maximum Gasteiger partial charge on any atom is 0.276 e. The molecule has 134 valence electrons. The third-order valence-electron chi connectivity index (χ3n) is 3.68. The highest BCUT2D eigenvalue weighted by Crippen LogP contribution is 2.32. The number of aryl methyl sites for hydroxylation is 1. The number of amides is 1. The van der Waals surface area contributed by atoms with Crippen molar-refractivity contribution < 1.29 is 9.53 Å². The number of thiophene rings is 1. The van der Waals surface area contributed by atoms with Crippen molar-refractivity contribution in [3.05, 3.63) is 56.3 Å². The van der Waals surface area contributed by atoms with E-state index in [1.54, 1.807) is 17.5 Å². The van der Waals surface area contributed by atoms with E-state index in [9.17, 15) is 4.79 Å². The molecule has 0 aliphatic heterocycles. The molecule has 0 bridgehead atoms. The van der Waals surface area contributed by atoms with E-state index in [1.165, 1.54) is 0 Å². The molecule has 6 heteroatoms. The van der Waals surface area contributed by atoms with Crippen molar-refractivity contribution in [1.82, 2.24) is 10.9 Å². The van der Waals surface area contributed by atoms with Gasteiger partial charge in [0.1, 0.15) is 5.75 Å². The van der Waals surface area contributed by atoms with Gasteiger partial charge in [-0.1, -0.05) is 35.8 Å². The van der Waals surface area contributed by atoms with Crippen LogP contribution in [0.2, 0.25) is 0 Å². The first-order valence-electron chi connectivity index (χ1n) is 8.06. The Kier molecular flexibility index (Phi) is 7.08. The second kappa shape index (κ2) is 9.06. The third-order valence-corrected chi connectivity index (χ3v) is 5.54. The zero-order valence-electron chi connectivity index (χ0n) is 14.9. The number of halogens is 1. The van der Waals surface area contributed by atoms with Gasteiger partial charge in [0.05, 0.1) is 0 Å². The zero-order valence-corrected chi connectivity index (χ0v) is 17.3. The zero-order chi connectivity index (χ0) is 18.4. The summed E-state index contributed by atoms with van der Waals surface area (Å²) in [5.74, 6) is 0.825. The van der Waals surface area contributed by atoms with Gasteiger partial charge in [0, 0.05) is 15.5 Å². The lowest BCUT2D eigenvalue weighted by atomic mass is 10.0. The first-order valence-corrected chi connectivity index (χ1v) is 9.73. The van der Waals surface area contributed by atoms with Crippen LogP contribution in [-0.2, 0) is 4.79 Å². The molecule has 0 saturated carbocycles. The molecule has 0 saturated heterocycles. The van der Waals surface area contributed by atoms with Crippen molar-refractivity contribution in [2.24, 2.45) is 0 Å². The fourth-order valence-electron chi connectivity index (χ4n) is 2.22. The summed E-state index contributed by atoms with van der Waals surface area (Å²) in [6.45, 7) is 8.15. The molecule has 0 aliphatic rings. The average molecular weight is 423 g/mol. The first kappa shape index (κ1) is 19.5. The summed E-state index contributed by atoms with van der Waals surface area (Å²) < 4.78 is 6.78. The number of allylic oxidation sites excluding steroid dienone is 1. The van der Waals surface area contributed by atoms with Gasteiger partial charge in [0.15, 0.2) is 6.61 Å². The molecule has 2 aromatic rings. The minimum atomic E-state index is -0.231. The van der Waals surface area contributed by atoms with E-state index in [2.05, 4.69) is 46.7 Å². The van der Waals surface area contributed by atoms with E-state index in [0.29, 0.717) is 5.92 Å². The van der Waals surface area contributed by atoms with Crippen LogP contribution in [0.25, 0.3) is 5.57 Å². The van der Waals surface area contributed by atoms with Gasteiger partial charge < -0.3 is 10.2 Å². The van der Waals surface area contributed by atoms with Gasteiger partial charge in [-0.3, -0.25) is 10.2 Å². The Hall–Kier alpha value is -1.79. The van der Waals surface area contributed by atoms with E-state index in [0.717, 1.165) is 31.8 Å². The van der Waals surface area contributed by atoms with Crippen LogP contribution in [0.3, 0.4) is 0 Å². The van der Waals surface area contributed by atoms with Crippen molar-refractivity contribution in [3.8, 4) is 5.75 Å². The van der Waals surface area contributed by atoms with Crippen molar-refractivity contribution >= 4 is 38.7 Å². The Balaban J connectivity index is 1.90. The second-order valence-electron chi connectivity index (χ2n) is 6.08. The topological polar surface area (TPSA) is 50.4 Å². The van der Waals surface area contributed by atoms with Crippen LogP contribution >= 0.6 is 27.3 Å². The third kappa shape index (κ3) is 5.61. The molecule has 0 radical (unpaired) electrons. The van der Waals surface area contributed by atoms with Gasteiger partial charge >= 0.3 is 0 Å². The molecule has 4 nitrogen and oxygen atoms in total. The molecule has 0 aliphatic carbocycles. The second-order valence-corrected chi connectivity index (χ2v) is 7.88. The van der Waals surface area contributed by atoms with Crippen molar-refractivity contribution in [3.63, 3.8) is 0 Å². The van der Waals surface area contributed by atoms with Crippen molar-refractivity contribution in [1.29, 1.82) is 0 Å². The number of hydrogen-bond acceptors (Lipinski definition) is 4. The summed E-state index contributed by atoms with van der Waals surface area (Å²) in [7, 11) is 0. The summed E-state index contributed by atoms with van der Waals surface area (Å²) in [5.41, 5.74) is 8.66. The molecule has 1 amide bonds. The van der Waals surface area contributed by atoms with Crippen molar-refractivity contribution in [2.75, 3.05) is 6.61 Å². The maximum atomic E-state index is 12.0. The molecule has 2 rings (SSSR count). The minimum Gasteiger partial charge on any atom is -0.483 e. The molecule has 1 aromatic heterocycles. The highest BCUT2D eigenvalue weighted by atomic mass is 79.9. The summed E-state index contributed by atoms with van der Waals surface area (Å²) >= 11 is 5.20. The van der Waals surface area contributed by atoms with Gasteiger partial charge in [0.2, 0.25) is 0 Å². The smallest absolute Gasteiger partial charge is 0.276 e. The van der Waals surface area contributed by atoms with Gasteiger partial charge in [-0.15, -0.1) is 11.3 Å². The largest absolute Gasteiger partial charge is 0.483 e. The van der Waals surface area contributed by atoms with Crippen LogP contribution in [0, 0.1) is 6.92 Å². The number of rotatable bonds is 7. The van der Waals surface area contributed by atoms with Gasteiger partial charge in [-0.2, -0.15) is 0 Å². The van der Waals surface area contributed by atoms with Crippen LogP contribution in [0.5, 0.6) is 5.75 Å². The molecular weight excluding hydrogens is 400 g/mol. The molecule has 0 atom stereocenters. The van der Waals surface area contributed by atoms with Gasteiger partial charge in [-0.05, 0) is 60.0 Å². The normalized spacial score (nSPS) is 11.5. The molecule has 0 spiro atoms. The van der Waals surface area contributed by atoms with E-state index in [4.69, 9.17) is 4.74 Å². The van der Waals surface area contributed by atoms with Crippen LogP contribution in [0.1, 0.15) is 42.7 Å². The molecular formula is C19H23BrN2O2S. The molecule has 2 N–H and O–H groups in total. The lowest BCUT2D eigenvalue weighted by Crippen LogP contribution is -2.37. The highest BCUT2D eigenvalue weighted by Gasteiger charge is 2.12. The molecule has 1 heterocycles. The fraction of sp³-hybridized carbons (Fsp3) is 0.316. The molecule has 25 heavy (non-hydrogen) atoms. The Morgan fingerprint density at radius 2 is 2.16 bits per heavy atom. The quantitative estimate of drug-likeness (QED) is 0.616. The first-order chi connectivity index (χ1) is 11.9. The number of benzene rings is 1. The van der Waals surface area contributed by atoms with E-state index >= 15 is 0 Å². The monoisotopic (exact) mass is 422 g/mol. The molecule has 0 unspecified atom stereocenters. The van der Waals surface area contributed by atoms with Crippen LogP contribution < -0.4 is 15.6 Å². The Morgan fingerprint density at radius 1 is 1.40 bits per heavy atom. The standard InChI is InChI=1S/C19H23BrN2O2S/c1-12(2)15-9-16(20)13(3)8-17(15)24-11-19(23)22-21-10-14(4)18-6-5-7-25-18/h5-10,12,21H,11H2,1-4H3,(H,22,23)/b14-10+. The fourth-order valence-corrected chi connectivity index (χ4v) is 3.29. The highest BCUT2D eigenvalue weighted by molar-refractivity contribution is 9.10. The summed E-state index contributed by atoms with van der Waals surface area (Å²) in [4.78, 5) is 13.1. The summed E-state index contributed by atoms with van der Waals surface area (Å²) in [6.07, 6.45) is 1.77. The number of nitrogens with one attached hydrogen (secondary N) is 2. The van der Waals surface area contributed by atoms with Gasteiger partial charge in [0.25, 0.3) is 5.91 Å². The van der Waals surface area contributed by atoms with E-state index in [-0.39, 0.29) is 12.5 Å². The summed E-state index contributed by atoms with van der Waals surface area (Å²) in [6, 6.07) is 8.04. The lowest BCUT2D eigenvalue weighted by molar-refractivity contribution is -0.123. The number of carbonyl (C=O) groups is 1. The number of carbonyl (C=O) groups excluding carboxylic acids is 1. The predicted octanol–water partition coefficient (Wildman–Crippen LogP) is 5.00. The molecule has 1 aromatic carbocycles. The number of ether oxygens (including phenoxy) is 1. The minimum absolute atomic E-state index is 0.0420. The number of hydrazine groups is 1. The predicted molar refractivity (Wildman–Crippen MR) is 108 cm³/mol. The maximum absolute atomic E-state index is 12.0. The average Bonchev–Trinajstić information content (AvgIpc) is 3.09. The van der Waals surface area contributed by atoms with Crippen molar-refractivity contribution in [2.45, 2.75) is 33.6 Å². The van der Waals surface area contributed by atoms with E-state index < -0.39 is 0 Å². The Bertz CT molecular complexity index is 755. The summed E-state index contributed by atoms with van der Waals surface area (Å²) in [5, 5.41) is 2.02. The van der Waals surface area contributed by atoms with Crippen LogP contribution in [0.4, 0.5) is 0 Å². The van der Waals surface area contributed by atoms with Crippen LogP contribution in [0.15, 0.2) is 40.3 Å². The lowest BCUT2D eigenvalue weighted by Gasteiger charge is -2.16. The van der Waals surface area contributed by atoms with Gasteiger partial charge in [-0.25, -0.2) is 0 Å². The molecule has 0 fully saturated rings. The van der Waals surface area contributed by atoms with E-state index in [1.807, 2.05) is 37.4 Å². The Labute approximate surface area is 161 Å².